The van der Waals surface area contributed by atoms with E-state index < -0.39 is 0 Å². The summed E-state index contributed by atoms with van der Waals surface area (Å²) >= 11 is 1.42. The monoisotopic (exact) mass is 406 g/mol. The maximum atomic E-state index is 12.1. The summed E-state index contributed by atoms with van der Waals surface area (Å²) in [4.78, 5) is 28.1. The maximum Gasteiger partial charge on any atom is 0.336 e. The second kappa shape index (κ2) is 8.28. The normalized spacial score (nSPS) is 10.8. The van der Waals surface area contributed by atoms with Gasteiger partial charge in [-0.15, -0.1) is 11.3 Å². The summed E-state index contributed by atoms with van der Waals surface area (Å²) in [6, 6.07) is 16.2. The molecule has 0 spiro atoms. The molecule has 0 bridgehead atoms. The van der Waals surface area contributed by atoms with Crippen molar-refractivity contribution in [1.82, 2.24) is 4.98 Å². The number of anilines is 1. The van der Waals surface area contributed by atoms with Crippen LogP contribution in [0.2, 0.25) is 0 Å². The molecule has 0 aliphatic rings. The first-order valence-corrected chi connectivity index (χ1v) is 9.90. The van der Waals surface area contributed by atoms with E-state index in [9.17, 15) is 9.59 Å². The van der Waals surface area contributed by atoms with Crippen molar-refractivity contribution in [3.63, 3.8) is 0 Å². The second-order valence-corrected chi connectivity index (χ2v) is 7.46. The average molecular weight is 406 g/mol. The summed E-state index contributed by atoms with van der Waals surface area (Å²) in [6.45, 7) is 2.13. The van der Waals surface area contributed by atoms with Crippen molar-refractivity contribution in [1.29, 1.82) is 0 Å². The molecule has 146 valence electrons. The van der Waals surface area contributed by atoms with E-state index >= 15 is 0 Å². The zero-order chi connectivity index (χ0) is 20.2. The van der Waals surface area contributed by atoms with E-state index in [4.69, 9.17) is 9.15 Å². The number of fused-ring (bicyclic) bond motifs is 1. The minimum Gasteiger partial charge on any atom is -0.487 e. The molecule has 0 unspecified atom stereocenters. The number of para-hydroxylation sites is 1. The second-order valence-electron chi connectivity index (χ2n) is 6.52. The molecule has 2 aromatic carbocycles. The number of aryl methyl sites for hydroxylation is 1. The molecule has 0 fully saturated rings. The van der Waals surface area contributed by atoms with Crippen molar-refractivity contribution in [2.75, 3.05) is 5.32 Å². The molecule has 4 rings (SSSR count). The summed E-state index contributed by atoms with van der Waals surface area (Å²) in [5, 5.41) is 6.31. The number of carbonyl (C=O) groups is 1. The Bertz CT molecular complexity index is 1210. The molecule has 0 aliphatic heterocycles. The molecule has 7 heteroatoms. The van der Waals surface area contributed by atoms with Crippen LogP contribution in [0.3, 0.4) is 0 Å². The number of amides is 1. The molecule has 0 atom stereocenters. The van der Waals surface area contributed by atoms with Gasteiger partial charge in [0.15, 0.2) is 0 Å². The van der Waals surface area contributed by atoms with E-state index in [1.165, 1.54) is 17.4 Å². The topological polar surface area (TPSA) is 81.4 Å². The van der Waals surface area contributed by atoms with Crippen LogP contribution in [0, 0.1) is 6.92 Å². The number of aromatic nitrogens is 1. The molecule has 4 aromatic rings. The molecular weight excluding hydrogens is 388 g/mol. The Labute approximate surface area is 170 Å². The number of ether oxygens (including phenoxy) is 1. The molecule has 2 heterocycles. The Kier molecular flexibility index (Phi) is 5.39. The van der Waals surface area contributed by atoms with Crippen LogP contribution in [0.1, 0.15) is 16.3 Å². The fraction of sp³-hybridized carbons (Fsp3) is 0.136. The van der Waals surface area contributed by atoms with Crippen LogP contribution in [0.5, 0.6) is 5.75 Å². The molecule has 0 radical (unpaired) electrons. The number of benzene rings is 2. The van der Waals surface area contributed by atoms with Crippen LogP contribution in [0.4, 0.5) is 5.69 Å². The van der Waals surface area contributed by atoms with E-state index in [1.807, 2.05) is 54.8 Å². The minimum atomic E-state index is -0.384. The minimum absolute atomic E-state index is 0.113. The Hall–Kier alpha value is -3.45. The third-order valence-electron chi connectivity index (χ3n) is 4.28. The zero-order valence-electron chi connectivity index (χ0n) is 15.7. The van der Waals surface area contributed by atoms with Gasteiger partial charge in [-0.1, -0.05) is 18.2 Å². The first kappa shape index (κ1) is 18.9. The van der Waals surface area contributed by atoms with Crippen molar-refractivity contribution in [2.24, 2.45) is 0 Å². The van der Waals surface area contributed by atoms with Gasteiger partial charge in [-0.25, -0.2) is 9.78 Å². The first-order chi connectivity index (χ1) is 14.1. The van der Waals surface area contributed by atoms with Gasteiger partial charge in [0, 0.05) is 28.6 Å². The average Bonchev–Trinajstić information content (AvgIpc) is 3.14. The van der Waals surface area contributed by atoms with Gasteiger partial charge in [0.05, 0.1) is 12.1 Å². The summed E-state index contributed by atoms with van der Waals surface area (Å²) in [7, 11) is 0. The van der Waals surface area contributed by atoms with Gasteiger partial charge in [0.2, 0.25) is 5.91 Å². The van der Waals surface area contributed by atoms with Gasteiger partial charge >= 0.3 is 5.63 Å². The van der Waals surface area contributed by atoms with Crippen molar-refractivity contribution in [2.45, 2.75) is 20.0 Å². The van der Waals surface area contributed by atoms with Gasteiger partial charge in [-0.2, -0.15) is 0 Å². The predicted molar refractivity (Wildman–Crippen MR) is 112 cm³/mol. The van der Waals surface area contributed by atoms with Crippen molar-refractivity contribution in [3.05, 3.63) is 86.7 Å². The molecule has 0 saturated heterocycles. The summed E-state index contributed by atoms with van der Waals surface area (Å²) < 4.78 is 11.0. The lowest BCUT2D eigenvalue weighted by Crippen LogP contribution is -2.14. The highest BCUT2D eigenvalue weighted by molar-refractivity contribution is 7.09. The van der Waals surface area contributed by atoms with E-state index in [0.717, 1.165) is 27.3 Å². The van der Waals surface area contributed by atoms with Crippen LogP contribution in [-0.4, -0.2) is 10.9 Å². The zero-order valence-corrected chi connectivity index (χ0v) is 16.5. The Morgan fingerprint density at radius 1 is 1.17 bits per heavy atom. The van der Waals surface area contributed by atoms with Crippen LogP contribution in [0.25, 0.3) is 11.0 Å². The highest BCUT2D eigenvalue weighted by Gasteiger charge is 2.10. The van der Waals surface area contributed by atoms with Gasteiger partial charge in [0.25, 0.3) is 0 Å². The quantitative estimate of drug-likeness (QED) is 0.482. The number of rotatable bonds is 6. The number of hydrogen-bond acceptors (Lipinski definition) is 6. The summed E-state index contributed by atoms with van der Waals surface area (Å²) in [6.07, 6.45) is 0.208. The highest BCUT2D eigenvalue weighted by Crippen LogP contribution is 2.23. The fourth-order valence-corrected chi connectivity index (χ4v) is 3.69. The third-order valence-corrected chi connectivity index (χ3v) is 5.18. The Morgan fingerprint density at radius 3 is 2.83 bits per heavy atom. The fourth-order valence-electron chi connectivity index (χ4n) is 2.91. The Balaban J connectivity index is 1.37. The number of nitrogens with one attached hydrogen (secondary N) is 1. The highest BCUT2D eigenvalue weighted by atomic mass is 32.1. The smallest absolute Gasteiger partial charge is 0.336 e. The van der Waals surface area contributed by atoms with Crippen molar-refractivity contribution < 1.29 is 13.9 Å². The van der Waals surface area contributed by atoms with Gasteiger partial charge in [0.1, 0.15) is 22.9 Å². The van der Waals surface area contributed by atoms with E-state index in [0.29, 0.717) is 11.3 Å². The van der Waals surface area contributed by atoms with Crippen LogP contribution < -0.4 is 15.7 Å². The molecule has 6 nitrogen and oxygen atoms in total. The van der Waals surface area contributed by atoms with Gasteiger partial charge < -0.3 is 14.5 Å². The first-order valence-electron chi connectivity index (χ1n) is 9.02. The lowest BCUT2D eigenvalue weighted by molar-refractivity contribution is -0.115. The van der Waals surface area contributed by atoms with Crippen LogP contribution in [-0.2, 0) is 17.8 Å². The molecule has 0 aliphatic carbocycles. The van der Waals surface area contributed by atoms with Crippen LogP contribution >= 0.6 is 11.3 Å². The molecule has 2 aromatic heterocycles. The largest absolute Gasteiger partial charge is 0.487 e. The van der Waals surface area contributed by atoms with Crippen molar-refractivity contribution >= 4 is 33.9 Å². The number of carbonyl (C=O) groups excluding carboxylic acids is 1. The lowest BCUT2D eigenvalue weighted by Gasteiger charge is -2.06. The third kappa shape index (κ3) is 4.70. The molecular formula is C22H18N2O4S. The number of thiazole rings is 1. The SMILES string of the molecule is Cc1cc(=O)oc2cc(OCc3csc(CC(=O)Nc4ccccc4)n3)ccc12. The molecule has 0 saturated carbocycles. The summed E-state index contributed by atoms with van der Waals surface area (Å²) in [5.41, 5.74) is 2.47. The lowest BCUT2D eigenvalue weighted by atomic mass is 10.1. The molecule has 1 N–H and O–H groups in total. The molecule has 29 heavy (non-hydrogen) atoms. The predicted octanol–water partition coefficient (Wildman–Crippen LogP) is 4.32. The van der Waals surface area contributed by atoms with Gasteiger partial charge in [-0.05, 0) is 36.8 Å². The Morgan fingerprint density at radius 2 is 2.00 bits per heavy atom. The molecule has 1 amide bonds. The standard InChI is InChI=1S/C22H18N2O4S/c1-14-9-22(26)28-19-10-17(7-8-18(14)19)27-12-16-13-29-21(24-16)11-20(25)23-15-5-3-2-4-6-15/h2-10,13H,11-12H2,1H3,(H,23,25). The number of hydrogen-bond donors (Lipinski definition) is 1. The maximum absolute atomic E-state index is 12.1. The number of nitrogens with zero attached hydrogens (tertiary/aromatic N) is 1. The van der Waals surface area contributed by atoms with Crippen LogP contribution in [0.15, 0.2) is 69.2 Å². The summed E-state index contributed by atoms with van der Waals surface area (Å²) in [5.74, 6) is 0.473. The van der Waals surface area contributed by atoms with Crippen molar-refractivity contribution in [3.8, 4) is 5.75 Å². The van der Waals surface area contributed by atoms with E-state index in [1.54, 1.807) is 6.07 Å². The van der Waals surface area contributed by atoms with E-state index in [-0.39, 0.29) is 24.6 Å². The van der Waals surface area contributed by atoms with Gasteiger partial charge in [-0.3, -0.25) is 4.79 Å². The van der Waals surface area contributed by atoms with E-state index in [2.05, 4.69) is 10.3 Å².